The minimum absolute atomic E-state index is 0.342. The summed E-state index contributed by atoms with van der Waals surface area (Å²) in [6.07, 6.45) is 1.03. The lowest BCUT2D eigenvalue weighted by molar-refractivity contribution is 0.256. The van der Waals surface area contributed by atoms with Crippen LogP contribution in [0.3, 0.4) is 0 Å². The average molecular weight is 247 g/mol. The molecular formula is C10H21N3O2S. The minimum atomic E-state index is -3.48. The first kappa shape index (κ1) is 15.4. The Kier molecular flexibility index (Phi) is 6.56. The molecule has 0 aromatic heterocycles. The summed E-state index contributed by atoms with van der Waals surface area (Å²) >= 11 is 0. The maximum absolute atomic E-state index is 11.4. The van der Waals surface area contributed by atoms with Crippen LogP contribution in [0.1, 0.15) is 27.2 Å². The summed E-state index contributed by atoms with van der Waals surface area (Å²) in [6, 6.07) is 2.14. The van der Waals surface area contributed by atoms with Gasteiger partial charge in [0.25, 0.3) is 0 Å². The van der Waals surface area contributed by atoms with E-state index in [0.29, 0.717) is 19.1 Å². The topological polar surface area (TPSA) is 73.2 Å². The Bertz CT molecular complexity index is 334. The van der Waals surface area contributed by atoms with Crippen molar-refractivity contribution >= 4 is 10.0 Å². The summed E-state index contributed by atoms with van der Waals surface area (Å²) in [5, 5.41) is 7.53. The van der Waals surface area contributed by atoms with Gasteiger partial charge in [-0.2, -0.15) is 5.26 Å². The lowest BCUT2D eigenvalue weighted by atomic mass is 10.2. The lowest BCUT2D eigenvalue weighted by Crippen LogP contribution is -2.39. The van der Waals surface area contributed by atoms with Crippen LogP contribution < -0.4 is 4.72 Å². The van der Waals surface area contributed by atoms with Crippen LogP contribution in [0.5, 0.6) is 0 Å². The van der Waals surface area contributed by atoms with Gasteiger partial charge >= 0.3 is 0 Å². The third kappa shape index (κ3) is 4.92. The fourth-order valence-corrected chi connectivity index (χ4v) is 1.86. The largest absolute Gasteiger partial charge is 0.302 e. The van der Waals surface area contributed by atoms with Crippen molar-refractivity contribution in [3.63, 3.8) is 0 Å². The number of rotatable bonds is 7. The number of hydrogen-bond acceptors (Lipinski definition) is 4. The van der Waals surface area contributed by atoms with E-state index in [-0.39, 0.29) is 0 Å². The van der Waals surface area contributed by atoms with Gasteiger partial charge in [-0.3, -0.25) is 0 Å². The van der Waals surface area contributed by atoms with E-state index in [0.717, 1.165) is 6.42 Å². The standard InChI is InChI=1S/C10H21N3O2S/c1-5-9(2)13(4)7-6-12-16(14,15)10(3)8-11/h9-10,12H,5-7H2,1-4H3. The van der Waals surface area contributed by atoms with E-state index in [9.17, 15) is 8.42 Å². The smallest absolute Gasteiger partial charge is 0.227 e. The van der Waals surface area contributed by atoms with E-state index in [4.69, 9.17) is 5.26 Å². The highest BCUT2D eigenvalue weighted by atomic mass is 32.2. The first-order chi connectivity index (χ1) is 7.35. The van der Waals surface area contributed by atoms with E-state index < -0.39 is 15.3 Å². The predicted octanol–water partition coefficient (Wildman–Crippen LogP) is 0.548. The van der Waals surface area contributed by atoms with Gasteiger partial charge in [-0.25, -0.2) is 13.1 Å². The monoisotopic (exact) mass is 247 g/mol. The second-order valence-corrected chi connectivity index (χ2v) is 6.03. The number of likely N-dealkylation sites (N-methyl/N-ethyl adjacent to an activating group) is 1. The van der Waals surface area contributed by atoms with Crippen molar-refractivity contribution in [2.24, 2.45) is 0 Å². The first-order valence-electron chi connectivity index (χ1n) is 5.43. The summed E-state index contributed by atoms with van der Waals surface area (Å²) in [4.78, 5) is 2.08. The molecule has 16 heavy (non-hydrogen) atoms. The van der Waals surface area contributed by atoms with Gasteiger partial charge in [0.05, 0.1) is 6.07 Å². The van der Waals surface area contributed by atoms with Crippen LogP contribution in [-0.4, -0.2) is 44.7 Å². The number of nitrogens with one attached hydrogen (secondary N) is 1. The zero-order valence-electron chi connectivity index (χ0n) is 10.4. The molecule has 0 bridgehead atoms. The summed E-state index contributed by atoms with van der Waals surface area (Å²) in [5.74, 6) is 0. The Labute approximate surface area is 98.5 Å². The summed E-state index contributed by atoms with van der Waals surface area (Å²) in [5.41, 5.74) is 0. The van der Waals surface area contributed by atoms with Crippen molar-refractivity contribution in [3.05, 3.63) is 0 Å². The Morgan fingerprint density at radius 1 is 1.44 bits per heavy atom. The Hall–Kier alpha value is -0.640. The summed E-state index contributed by atoms with van der Waals surface area (Å²) in [6.45, 7) is 6.54. The van der Waals surface area contributed by atoms with Crippen LogP contribution in [-0.2, 0) is 10.0 Å². The van der Waals surface area contributed by atoms with Crippen LogP contribution in [0.2, 0.25) is 0 Å². The molecule has 2 atom stereocenters. The molecule has 0 radical (unpaired) electrons. The highest BCUT2D eigenvalue weighted by Crippen LogP contribution is 1.99. The van der Waals surface area contributed by atoms with E-state index >= 15 is 0 Å². The van der Waals surface area contributed by atoms with E-state index in [1.807, 2.05) is 7.05 Å². The van der Waals surface area contributed by atoms with Crippen LogP contribution in [0.4, 0.5) is 0 Å². The fourth-order valence-electron chi connectivity index (χ4n) is 1.09. The Balaban J connectivity index is 4.05. The molecule has 0 amide bonds. The van der Waals surface area contributed by atoms with Gasteiger partial charge in [0.2, 0.25) is 10.0 Å². The molecule has 0 saturated heterocycles. The highest BCUT2D eigenvalue weighted by molar-refractivity contribution is 7.90. The van der Waals surface area contributed by atoms with Gasteiger partial charge < -0.3 is 4.90 Å². The molecular weight excluding hydrogens is 226 g/mol. The normalized spacial score (nSPS) is 15.8. The highest BCUT2D eigenvalue weighted by Gasteiger charge is 2.19. The molecule has 0 aliphatic rings. The second-order valence-electron chi connectivity index (χ2n) is 3.95. The average Bonchev–Trinajstić information content (AvgIpc) is 2.26. The van der Waals surface area contributed by atoms with Crippen molar-refractivity contribution in [2.75, 3.05) is 20.1 Å². The molecule has 0 heterocycles. The molecule has 0 aliphatic carbocycles. The van der Waals surface area contributed by atoms with Gasteiger partial charge in [-0.05, 0) is 27.3 Å². The van der Waals surface area contributed by atoms with Crippen molar-refractivity contribution in [3.8, 4) is 6.07 Å². The zero-order chi connectivity index (χ0) is 12.8. The van der Waals surface area contributed by atoms with E-state index in [2.05, 4.69) is 23.5 Å². The van der Waals surface area contributed by atoms with Gasteiger partial charge in [0.15, 0.2) is 5.25 Å². The summed E-state index contributed by atoms with van der Waals surface area (Å²) < 4.78 is 25.3. The minimum Gasteiger partial charge on any atom is -0.302 e. The Morgan fingerprint density at radius 2 is 2.00 bits per heavy atom. The van der Waals surface area contributed by atoms with Gasteiger partial charge in [0, 0.05) is 19.1 Å². The predicted molar refractivity (Wildman–Crippen MR) is 64.4 cm³/mol. The van der Waals surface area contributed by atoms with Gasteiger partial charge in [0.1, 0.15) is 0 Å². The molecule has 2 unspecified atom stereocenters. The van der Waals surface area contributed by atoms with Gasteiger partial charge in [-0.15, -0.1) is 0 Å². The molecule has 1 N–H and O–H groups in total. The molecule has 0 aromatic carbocycles. The third-order valence-corrected chi connectivity index (χ3v) is 4.40. The number of nitriles is 1. The molecule has 0 aromatic rings. The zero-order valence-corrected chi connectivity index (χ0v) is 11.2. The summed E-state index contributed by atoms with van der Waals surface area (Å²) in [7, 11) is -1.52. The maximum atomic E-state index is 11.4. The van der Waals surface area contributed by atoms with Crippen LogP contribution in [0.25, 0.3) is 0 Å². The van der Waals surface area contributed by atoms with Gasteiger partial charge in [-0.1, -0.05) is 6.92 Å². The maximum Gasteiger partial charge on any atom is 0.227 e. The molecule has 0 fully saturated rings. The Morgan fingerprint density at radius 3 is 2.44 bits per heavy atom. The SMILES string of the molecule is CCC(C)N(C)CCNS(=O)(=O)C(C)C#N. The number of hydrogen-bond donors (Lipinski definition) is 1. The number of nitrogens with zero attached hydrogens (tertiary/aromatic N) is 2. The van der Waals surface area contributed by atoms with E-state index in [1.54, 1.807) is 6.07 Å². The molecule has 5 nitrogen and oxygen atoms in total. The molecule has 0 rings (SSSR count). The molecule has 0 saturated carbocycles. The van der Waals surface area contributed by atoms with Crippen LogP contribution in [0.15, 0.2) is 0 Å². The van der Waals surface area contributed by atoms with Crippen molar-refractivity contribution in [1.29, 1.82) is 5.26 Å². The van der Waals surface area contributed by atoms with Crippen molar-refractivity contribution < 1.29 is 8.42 Å². The third-order valence-electron chi connectivity index (χ3n) is 2.76. The lowest BCUT2D eigenvalue weighted by Gasteiger charge is -2.23. The van der Waals surface area contributed by atoms with Crippen molar-refractivity contribution in [1.82, 2.24) is 9.62 Å². The fraction of sp³-hybridized carbons (Fsp3) is 0.900. The molecule has 0 aliphatic heterocycles. The van der Waals surface area contributed by atoms with Crippen LogP contribution >= 0.6 is 0 Å². The molecule has 6 heteroatoms. The molecule has 94 valence electrons. The second kappa shape index (κ2) is 6.84. The van der Waals surface area contributed by atoms with Crippen molar-refractivity contribution in [2.45, 2.75) is 38.5 Å². The quantitative estimate of drug-likeness (QED) is 0.713. The molecule has 0 spiro atoms. The van der Waals surface area contributed by atoms with Crippen LogP contribution in [0, 0.1) is 11.3 Å². The van der Waals surface area contributed by atoms with E-state index in [1.165, 1.54) is 6.92 Å². The first-order valence-corrected chi connectivity index (χ1v) is 6.98. The number of sulfonamides is 1.